The lowest BCUT2D eigenvalue weighted by Crippen LogP contribution is -1.95. The molecule has 1 aromatic heterocycles. The number of phenols is 1. The van der Waals surface area contributed by atoms with Gasteiger partial charge in [0.2, 0.25) is 0 Å². The molecule has 5 nitrogen and oxygen atoms in total. The van der Waals surface area contributed by atoms with Crippen molar-refractivity contribution < 1.29 is 9.84 Å². The van der Waals surface area contributed by atoms with Crippen LogP contribution in [0.3, 0.4) is 0 Å². The zero-order valence-corrected chi connectivity index (χ0v) is 19.0. The average molecular weight is 468 g/mol. The van der Waals surface area contributed by atoms with Crippen molar-refractivity contribution in [2.24, 2.45) is 5.92 Å². The van der Waals surface area contributed by atoms with Gasteiger partial charge in [0.25, 0.3) is 0 Å². The molecular weight excluding hydrogens is 445 g/mol. The number of hydrogen-bond donors (Lipinski definition) is 1. The molecule has 0 unspecified atom stereocenters. The number of benzene rings is 2. The minimum Gasteiger partial charge on any atom is -0.505 e. The zero-order chi connectivity index (χ0) is 22.8. The zero-order valence-electron chi connectivity index (χ0n) is 17.5. The second-order valence-electron chi connectivity index (χ2n) is 6.96. The fourth-order valence-corrected chi connectivity index (χ4v) is 3.47. The smallest absolute Gasteiger partial charge is 0.335 e. The van der Waals surface area contributed by atoms with Gasteiger partial charge in [-0.15, -0.1) is 5.10 Å². The number of ether oxygens (including phenoxy) is 1. The van der Waals surface area contributed by atoms with Gasteiger partial charge in [0, 0.05) is 5.56 Å². The monoisotopic (exact) mass is 467 g/mol. The summed E-state index contributed by atoms with van der Waals surface area (Å²) in [6.45, 7) is 0. The number of hydrogen-bond acceptors (Lipinski definition) is 5. The van der Waals surface area contributed by atoms with E-state index in [0.717, 1.165) is 6.42 Å². The molecule has 1 aliphatic rings. The third kappa shape index (κ3) is 6.94. The van der Waals surface area contributed by atoms with Crippen molar-refractivity contribution in [3.05, 3.63) is 101 Å². The minimum atomic E-state index is -0.161. The third-order valence-electron chi connectivity index (χ3n) is 4.69. The number of allylic oxidation sites excluding steroid dienone is 6. The van der Waals surface area contributed by atoms with Gasteiger partial charge in [-0.1, -0.05) is 95.1 Å². The van der Waals surface area contributed by atoms with Crippen LogP contribution in [-0.4, -0.2) is 27.4 Å². The molecule has 2 aromatic carbocycles. The number of methoxy groups -OCH3 is 1. The highest BCUT2D eigenvalue weighted by Crippen LogP contribution is 2.35. The van der Waals surface area contributed by atoms with E-state index in [4.69, 9.17) is 27.9 Å². The highest BCUT2D eigenvalue weighted by Gasteiger charge is 2.10. The number of aromatic nitrogens is 3. The first-order chi connectivity index (χ1) is 15.6. The van der Waals surface area contributed by atoms with E-state index in [1.807, 2.05) is 0 Å². The highest BCUT2D eigenvalue weighted by atomic mass is 35.5. The van der Waals surface area contributed by atoms with E-state index in [2.05, 4.69) is 82.0 Å². The van der Waals surface area contributed by atoms with Crippen molar-refractivity contribution in [3.63, 3.8) is 0 Å². The van der Waals surface area contributed by atoms with Crippen LogP contribution >= 0.6 is 23.2 Å². The summed E-state index contributed by atoms with van der Waals surface area (Å²) in [7, 11) is 1.45. The van der Waals surface area contributed by atoms with E-state index in [0.29, 0.717) is 17.2 Å². The Morgan fingerprint density at radius 1 is 0.938 bits per heavy atom. The summed E-state index contributed by atoms with van der Waals surface area (Å²) in [4.78, 5) is 3.91. The van der Waals surface area contributed by atoms with Crippen LogP contribution in [0.15, 0.2) is 85.1 Å². The maximum atomic E-state index is 9.42. The predicted octanol–water partition coefficient (Wildman–Crippen LogP) is 6.48. The van der Waals surface area contributed by atoms with E-state index in [1.165, 1.54) is 37.4 Å². The fourth-order valence-electron chi connectivity index (χ4n) is 2.98. The molecule has 164 valence electrons. The van der Waals surface area contributed by atoms with Gasteiger partial charge in [-0.25, -0.2) is 4.98 Å². The van der Waals surface area contributed by atoms with E-state index in [-0.39, 0.29) is 21.8 Å². The molecule has 0 spiro atoms. The van der Waals surface area contributed by atoms with Crippen molar-refractivity contribution in [2.45, 2.75) is 12.8 Å². The van der Waals surface area contributed by atoms with Crippen LogP contribution in [0.25, 0.3) is 11.3 Å². The molecule has 3 aromatic rings. The number of nitrogens with zero attached hydrogens (tertiary/aromatic N) is 3. The third-order valence-corrected chi connectivity index (χ3v) is 5.27. The van der Waals surface area contributed by atoms with Gasteiger partial charge in [-0.2, -0.15) is 0 Å². The number of aromatic hydroxyl groups is 1. The number of phenolic OH excluding ortho intramolecular Hbond substituents is 1. The van der Waals surface area contributed by atoms with Crippen molar-refractivity contribution in [1.29, 1.82) is 0 Å². The number of aryl methyl sites for hydroxylation is 1. The van der Waals surface area contributed by atoms with E-state index in [1.54, 1.807) is 0 Å². The van der Waals surface area contributed by atoms with Crippen molar-refractivity contribution in [3.8, 4) is 23.0 Å². The van der Waals surface area contributed by atoms with E-state index >= 15 is 0 Å². The van der Waals surface area contributed by atoms with Crippen LogP contribution in [-0.2, 0) is 6.42 Å². The molecule has 0 saturated heterocycles. The van der Waals surface area contributed by atoms with Crippen LogP contribution in [0.5, 0.6) is 11.8 Å². The average Bonchev–Trinajstić information content (AvgIpc) is 3.11. The summed E-state index contributed by atoms with van der Waals surface area (Å²) in [5, 5.41) is 17.3. The van der Waals surface area contributed by atoms with Crippen molar-refractivity contribution in [1.82, 2.24) is 15.2 Å². The molecule has 4 rings (SSSR count). The number of rotatable bonds is 5. The van der Waals surface area contributed by atoms with Crippen molar-refractivity contribution >= 4 is 23.2 Å². The van der Waals surface area contributed by atoms with Gasteiger partial charge in [0.1, 0.15) is 5.69 Å². The highest BCUT2D eigenvalue weighted by molar-refractivity contribution is 6.37. The van der Waals surface area contributed by atoms with E-state index in [9.17, 15) is 5.11 Å². The van der Waals surface area contributed by atoms with Crippen LogP contribution in [0.2, 0.25) is 10.0 Å². The molecular formula is C25H23Cl2N3O2. The van der Waals surface area contributed by atoms with Crippen LogP contribution in [0.4, 0.5) is 0 Å². The molecule has 0 fully saturated rings. The van der Waals surface area contributed by atoms with E-state index < -0.39 is 0 Å². The molecule has 1 aliphatic carbocycles. The molecule has 0 saturated carbocycles. The molecule has 0 bridgehead atoms. The van der Waals surface area contributed by atoms with Gasteiger partial charge < -0.3 is 9.84 Å². The lowest BCUT2D eigenvalue weighted by atomic mass is 9.99. The standard InChI is InChI=1S/C15H16.C10H7Cl2N3O2/c1-2-5-9-14(8-4-1)12-13-15-10-6-3-7-11-15;1-17-10-13-4-8(14-15-10)5-2-6(11)9(16)7(12)3-5/h1-11,14H,12-13H2;2-4,16H,1H3. The Labute approximate surface area is 197 Å². The molecule has 0 radical (unpaired) electrons. The first-order valence-corrected chi connectivity index (χ1v) is 10.8. The summed E-state index contributed by atoms with van der Waals surface area (Å²) in [6, 6.07) is 13.9. The van der Waals surface area contributed by atoms with Crippen molar-refractivity contribution in [2.75, 3.05) is 7.11 Å². The fraction of sp³-hybridized carbons (Fsp3) is 0.160. The Balaban J connectivity index is 0.000000182. The molecule has 7 heteroatoms. The predicted molar refractivity (Wildman–Crippen MR) is 129 cm³/mol. The molecule has 1 N–H and O–H groups in total. The van der Waals surface area contributed by atoms with Crippen LogP contribution in [0.1, 0.15) is 12.0 Å². The van der Waals surface area contributed by atoms with Gasteiger partial charge in [0.05, 0.1) is 23.4 Å². The first kappa shape index (κ1) is 23.5. The molecule has 1 heterocycles. The normalized spacial score (nSPS) is 12.7. The van der Waals surface area contributed by atoms with Gasteiger partial charge in [-0.3, -0.25) is 0 Å². The quantitative estimate of drug-likeness (QED) is 0.464. The minimum absolute atomic E-state index is 0.144. The topological polar surface area (TPSA) is 68.1 Å². The second-order valence-corrected chi connectivity index (χ2v) is 7.78. The van der Waals surface area contributed by atoms with Gasteiger partial charge in [0.15, 0.2) is 5.75 Å². The Morgan fingerprint density at radius 3 is 2.16 bits per heavy atom. The molecule has 0 amide bonds. The Kier molecular flexibility index (Phi) is 8.84. The second kappa shape index (κ2) is 12.0. The Morgan fingerprint density at radius 2 is 1.59 bits per heavy atom. The summed E-state index contributed by atoms with van der Waals surface area (Å²) in [5.41, 5.74) is 2.52. The van der Waals surface area contributed by atoms with Gasteiger partial charge >= 0.3 is 6.01 Å². The first-order valence-electron chi connectivity index (χ1n) is 10.0. The Bertz CT molecular complexity index is 1060. The lowest BCUT2D eigenvalue weighted by molar-refractivity contribution is 0.373. The summed E-state index contributed by atoms with van der Waals surface area (Å²) >= 11 is 11.6. The lowest BCUT2D eigenvalue weighted by Gasteiger charge is -2.06. The maximum absolute atomic E-state index is 9.42. The molecule has 0 aliphatic heterocycles. The summed E-state index contributed by atoms with van der Waals surface area (Å²) < 4.78 is 4.79. The summed E-state index contributed by atoms with van der Waals surface area (Å²) in [5.74, 6) is 0.423. The molecule has 32 heavy (non-hydrogen) atoms. The van der Waals surface area contributed by atoms with Crippen LogP contribution < -0.4 is 4.74 Å². The summed E-state index contributed by atoms with van der Waals surface area (Å²) in [6.07, 6.45) is 16.8. The van der Waals surface area contributed by atoms with Gasteiger partial charge in [-0.05, 0) is 36.5 Å². The SMILES string of the molecule is C1=CC=CC(CCc2ccccc2)C=C1.COc1ncc(-c2cc(Cl)c(O)c(Cl)c2)nn1. The number of halogens is 2. The van der Waals surface area contributed by atoms with Crippen LogP contribution in [0, 0.1) is 5.92 Å². The molecule has 0 atom stereocenters. The maximum Gasteiger partial charge on any atom is 0.335 e. The Hall–Kier alpha value is -3.15. The largest absolute Gasteiger partial charge is 0.505 e.